The number of hydrogen-bond donors (Lipinski definition) is 2. The highest BCUT2D eigenvalue weighted by molar-refractivity contribution is 5.72. The summed E-state index contributed by atoms with van der Waals surface area (Å²) < 4.78 is 0. The van der Waals surface area contributed by atoms with Crippen LogP contribution in [0.4, 0.5) is 0 Å². The fourth-order valence-electron chi connectivity index (χ4n) is 1.10. The molecule has 3 nitrogen and oxygen atoms in total. The van der Waals surface area contributed by atoms with Gasteiger partial charge in [0.25, 0.3) is 0 Å². The number of likely N-dealkylation sites (N-methyl/N-ethyl adjacent to an activating group) is 1. The van der Waals surface area contributed by atoms with Crippen LogP contribution < -0.4 is 5.32 Å². The Morgan fingerprint density at radius 1 is 1.70 bits per heavy atom. The van der Waals surface area contributed by atoms with E-state index < -0.39 is 5.97 Å². The highest BCUT2D eigenvalue weighted by Gasteiger charge is 2.22. The summed E-state index contributed by atoms with van der Waals surface area (Å²) in [6.07, 6.45) is 4.33. The smallest absolute Gasteiger partial charge is 0.310 e. The lowest BCUT2D eigenvalue weighted by molar-refractivity contribution is -0.140. The fourth-order valence-corrected chi connectivity index (χ4v) is 1.10. The maximum absolute atomic E-state index is 10.4. The predicted octanol–water partition coefficient (Wildman–Crippen LogP) is 0.235. The first-order chi connectivity index (χ1) is 4.74. The lowest BCUT2D eigenvalue weighted by Gasteiger charge is -2.05. The van der Waals surface area contributed by atoms with E-state index in [2.05, 4.69) is 5.32 Å². The van der Waals surface area contributed by atoms with Gasteiger partial charge >= 0.3 is 5.97 Å². The first-order valence-electron chi connectivity index (χ1n) is 3.32. The van der Waals surface area contributed by atoms with E-state index in [9.17, 15) is 4.79 Å². The van der Waals surface area contributed by atoms with Gasteiger partial charge in [-0.15, -0.1) is 0 Å². The van der Waals surface area contributed by atoms with Crippen LogP contribution in [-0.4, -0.2) is 24.2 Å². The van der Waals surface area contributed by atoms with Crippen molar-refractivity contribution in [2.45, 2.75) is 12.5 Å². The zero-order valence-corrected chi connectivity index (χ0v) is 5.87. The number of aliphatic carboxylic acids is 1. The van der Waals surface area contributed by atoms with Crippen LogP contribution in [0.5, 0.6) is 0 Å². The fraction of sp³-hybridized carbons (Fsp3) is 0.571. The van der Waals surface area contributed by atoms with Gasteiger partial charge in [0.05, 0.1) is 5.92 Å². The molecule has 0 fully saturated rings. The molecule has 0 amide bonds. The molecule has 56 valence electrons. The molecule has 2 atom stereocenters. The Kier molecular flexibility index (Phi) is 2.06. The van der Waals surface area contributed by atoms with Crippen molar-refractivity contribution in [2.75, 3.05) is 7.05 Å². The molecule has 0 saturated carbocycles. The Hall–Kier alpha value is -0.830. The molecule has 0 saturated heterocycles. The van der Waals surface area contributed by atoms with Gasteiger partial charge < -0.3 is 10.4 Å². The molecule has 0 aromatic rings. The van der Waals surface area contributed by atoms with Crippen LogP contribution in [0.2, 0.25) is 0 Å². The molecule has 1 rings (SSSR count). The molecule has 1 aliphatic rings. The van der Waals surface area contributed by atoms with E-state index in [1.54, 1.807) is 6.08 Å². The lowest BCUT2D eigenvalue weighted by atomic mass is 10.1. The number of hydrogen-bond acceptors (Lipinski definition) is 2. The maximum atomic E-state index is 10.4. The first-order valence-corrected chi connectivity index (χ1v) is 3.32. The summed E-state index contributed by atoms with van der Waals surface area (Å²) >= 11 is 0. The molecule has 0 spiro atoms. The van der Waals surface area contributed by atoms with Crippen molar-refractivity contribution in [3.8, 4) is 0 Å². The Balaban J connectivity index is 2.45. The van der Waals surface area contributed by atoms with E-state index in [0.717, 1.165) is 0 Å². The second-order valence-electron chi connectivity index (χ2n) is 2.46. The molecule has 0 heterocycles. The van der Waals surface area contributed by atoms with Gasteiger partial charge in [-0.3, -0.25) is 4.79 Å². The van der Waals surface area contributed by atoms with Crippen molar-refractivity contribution in [3.05, 3.63) is 12.2 Å². The minimum Gasteiger partial charge on any atom is -0.481 e. The van der Waals surface area contributed by atoms with Crippen LogP contribution >= 0.6 is 0 Å². The Labute approximate surface area is 59.7 Å². The van der Waals surface area contributed by atoms with Gasteiger partial charge in [-0.1, -0.05) is 12.2 Å². The van der Waals surface area contributed by atoms with Crippen LogP contribution in [0, 0.1) is 5.92 Å². The molecule has 0 unspecified atom stereocenters. The topological polar surface area (TPSA) is 49.3 Å². The Morgan fingerprint density at radius 2 is 2.40 bits per heavy atom. The molecular formula is C7H11NO2. The van der Waals surface area contributed by atoms with Crippen molar-refractivity contribution in [2.24, 2.45) is 5.92 Å². The summed E-state index contributed by atoms with van der Waals surface area (Å²) in [6, 6.07) is 0.251. The van der Waals surface area contributed by atoms with Gasteiger partial charge in [-0.05, 0) is 13.5 Å². The van der Waals surface area contributed by atoms with E-state index in [4.69, 9.17) is 5.11 Å². The monoisotopic (exact) mass is 141 g/mol. The van der Waals surface area contributed by atoms with E-state index >= 15 is 0 Å². The normalized spacial score (nSPS) is 30.9. The molecule has 10 heavy (non-hydrogen) atoms. The third-order valence-corrected chi connectivity index (χ3v) is 1.77. The minimum absolute atomic E-state index is 0.251. The first kappa shape index (κ1) is 7.28. The molecule has 0 aliphatic heterocycles. The van der Waals surface area contributed by atoms with Crippen LogP contribution in [-0.2, 0) is 4.79 Å². The van der Waals surface area contributed by atoms with Gasteiger partial charge in [-0.25, -0.2) is 0 Å². The number of carboxylic acids is 1. The Bertz CT molecular complexity index is 165. The molecule has 0 radical (unpaired) electrons. The maximum Gasteiger partial charge on any atom is 0.310 e. The molecule has 1 aliphatic carbocycles. The molecule has 0 bridgehead atoms. The van der Waals surface area contributed by atoms with Crippen molar-refractivity contribution in [3.63, 3.8) is 0 Å². The largest absolute Gasteiger partial charge is 0.481 e. The lowest BCUT2D eigenvalue weighted by Crippen LogP contribution is -2.23. The summed E-state index contributed by atoms with van der Waals surface area (Å²) in [5, 5.41) is 11.5. The highest BCUT2D eigenvalue weighted by Crippen LogP contribution is 2.17. The summed E-state index contributed by atoms with van der Waals surface area (Å²) in [5.41, 5.74) is 0. The third kappa shape index (κ3) is 1.36. The van der Waals surface area contributed by atoms with Gasteiger partial charge in [0.2, 0.25) is 0 Å². The molecule has 0 aromatic heterocycles. The number of nitrogens with one attached hydrogen (secondary N) is 1. The summed E-state index contributed by atoms with van der Waals surface area (Å²) in [6.45, 7) is 0. The van der Waals surface area contributed by atoms with Crippen LogP contribution in [0.15, 0.2) is 12.2 Å². The average Bonchev–Trinajstić information content (AvgIpc) is 2.34. The zero-order valence-electron chi connectivity index (χ0n) is 5.87. The number of carbonyl (C=O) groups is 1. The van der Waals surface area contributed by atoms with Gasteiger partial charge in [0.1, 0.15) is 0 Å². The second kappa shape index (κ2) is 2.84. The van der Waals surface area contributed by atoms with Crippen molar-refractivity contribution < 1.29 is 9.90 Å². The molecular weight excluding hydrogens is 130 g/mol. The average molecular weight is 141 g/mol. The highest BCUT2D eigenvalue weighted by atomic mass is 16.4. The van der Waals surface area contributed by atoms with Crippen LogP contribution in [0.1, 0.15) is 6.42 Å². The van der Waals surface area contributed by atoms with Crippen molar-refractivity contribution >= 4 is 5.97 Å². The van der Waals surface area contributed by atoms with Gasteiger partial charge in [0.15, 0.2) is 0 Å². The van der Waals surface area contributed by atoms with Crippen LogP contribution in [0.25, 0.3) is 0 Å². The molecule has 2 N–H and O–H groups in total. The molecule has 0 aromatic carbocycles. The quantitative estimate of drug-likeness (QED) is 0.541. The predicted molar refractivity (Wildman–Crippen MR) is 37.7 cm³/mol. The van der Waals surface area contributed by atoms with E-state index in [1.165, 1.54) is 0 Å². The van der Waals surface area contributed by atoms with E-state index in [-0.39, 0.29) is 12.0 Å². The van der Waals surface area contributed by atoms with Crippen molar-refractivity contribution in [1.29, 1.82) is 0 Å². The van der Waals surface area contributed by atoms with Crippen LogP contribution in [0.3, 0.4) is 0 Å². The molecule has 3 heteroatoms. The standard InChI is InChI=1S/C7H11NO2/c1-8-6-3-2-5(4-6)7(9)10/h2-3,5-6,8H,4H2,1H3,(H,9,10)/t5-,6+/m0/s1. The van der Waals surface area contributed by atoms with Gasteiger partial charge in [0, 0.05) is 6.04 Å². The van der Waals surface area contributed by atoms with E-state index in [1.807, 2.05) is 13.1 Å². The summed E-state index contributed by atoms with van der Waals surface area (Å²) in [7, 11) is 1.83. The third-order valence-electron chi connectivity index (χ3n) is 1.77. The van der Waals surface area contributed by atoms with E-state index in [0.29, 0.717) is 6.42 Å². The SMILES string of the molecule is CN[C@@H]1C=C[C@H](C(=O)O)C1. The van der Waals surface area contributed by atoms with Gasteiger partial charge in [-0.2, -0.15) is 0 Å². The zero-order chi connectivity index (χ0) is 7.56. The minimum atomic E-state index is -0.728. The number of rotatable bonds is 2. The summed E-state index contributed by atoms with van der Waals surface area (Å²) in [4.78, 5) is 10.4. The summed E-state index contributed by atoms with van der Waals surface area (Å²) in [5.74, 6) is -1.01. The Morgan fingerprint density at radius 3 is 2.70 bits per heavy atom. The number of carboxylic acid groups (broad SMARTS) is 1. The van der Waals surface area contributed by atoms with Crippen molar-refractivity contribution in [1.82, 2.24) is 5.32 Å². The second-order valence-corrected chi connectivity index (χ2v) is 2.46.